The molecule has 23 heavy (non-hydrogen) atoms. The van der Waals surface area contributed by atoms with Crippen molar-refractivity contribution in [1.29, 1.82) is 0 Å². The first kappa shape index (κ1) is 15.4. The van der Waals surface area contributed by atoms with Gasteiger partial charge in [-0.3, -0.25) is 4.79 Å². The van der Waals surface area contributed by atoms with Crippen molar-refractivity contribution in [3.8, 4) is 0 Å². The molecule has 0 spiro atoms. The molecule has 4 fully saturated rings. The van der Waals surface area contributed by atoms with E-state index < -0.39 is 0 Å². The number of hydrazone groups is 1. The minimum Gasteiger partial charge on any atom is -0.273 e. The molecule has 1 aromatic rings. The minimum atomic E-state index is -0.129. The fraction of sp³-hybridized carbons (Fsp3) is 0.579. The van der Waals surface area contributed by atoms with E-state index in [0.29, 0.717) is 0 Å². The van der Waals surface area contributed by atoms with E-state index in [2.05, 4.69) is 26.5 Å². The summed E-state index contributed by atoms with van der Waals surface area (Å²) in [4.78, 5) is 12.9. The van der Waals surface area contributed by atoms with Crippen molar-refractivity contribution < 1.29 is 4.79 Å². The Bertz CT molecular complexity index is 632. The van der Waals surface area contributed by atoms with Crippen molar-refractivity contribution in [3.05, 3.63) is 34.3 Å². The SMILES string of the molecule is C/C(=N/NC(=O)C12CC3CC(CC(C3)C1)C2)c1cccc(Br)c1. The third-order valence-corrected chi connectivity index (χ3v) is 6.58. The zero-order valence-corrected chi connectivity index (χ0v) is 15.1. The topological polar surface area (TPSA) is 41.5 Å². The molecular formula is C19H23BrN2O. The Balaban J connectivity index is 1.49. The van der Waals surface area contributed by atoms with Gasteiger partial charge in [-0.15, -0.1) is 0 Å². The molecule has 0 atom stereocenters. The predicted octanol–water partition coefficient (Wildman–Crippen LogP) is 4.51. The monoisotopic (exact) mass is 374 g/mol. The highest BCUT2D eigenvalue weighted by Crippen LogP contribution is 2.60. The van der Waals surface area contributed by atoms with E-state index in [-0.39, 0.29) is 11.3 Å². The van der Waals surface area contributed by atoms with Gasteiger partial charge in [0.2, 0.25) is 5.91 Å². The van der Waals surface area contributed by atoms with Gasteiger partial charge >= 0.3 is 0 Å². The lowest BCUT2D eigenvalue weighted by molar-refractivity contribution is -0.146. The van der Waals surface area contributed by atoms with E-state index >= 15 is 0 Å². The molecule has 122 valence electrons. The van der Waals surface area contributed by atoms with Crippen LogP contribution in [0.4, 0.5) is 0 Å². The average molecular weight is 375 g/mol. The van der Waals surface area contributed by atoms with Crippen LogP contribution in [0.5, 0.6) is 0 Å². The van der Waals surface area contributed by atoms with Crippen molar-refractivity contribution in [2.45, 2.75) is 45.4 Å². The average Bonchev–Trinajstić information content (AvgIpc) is 2.51. The summed E-state index contributed by atoms with van der Waals surface area (Å²) in [6, 6.07) is 8.01. The van der Waals surface area contributed by atoms with Gasteiger partial charge in [-0.2, -0.15) is 5.10 Å². The molecule has 0 unspecified atom stereocenters. The zero-order chi connectivity index (χ0) is 16.0. The van der Waals surface area contributed by atoms with E-state index in [1.807, 2.05) is 31.2 Å². The lowest BCUT2D eigenvalue weighted by atomic mass is 9.49. The van der Waals surface area contributed by atoms with Crippen LogP contribution in [0, 0.1) is 23.2 Å². The number of nitrogens with one attached hydrogen (secondary N) is 1. The molecule has 4 saturated carbocycles. The van der Waals surface area contributed by atoms with E-state index in [4.69, 9.17) is 0 Å². The first-order valence-electron chi connectivity index (χ1n) is 8.65. The molecule has 1 amide bonds. The predicted molar refractivity (Wildman–Crippen MR) is 95.1 cm³/mol. The van der Waals surface area contributed by atoms with Gasteiger partial charge in [-0.05, 0) is 80.9 Å². The third kappa shape index (κ3) is 2.86. The Morgan fingerprint density at radius 1 is 1.17 bits per heavy atom. The van der Waals surface area contributed by atoms with Gasteiger partial charge in [0.05, 0.1) is 11.1 Å². The Morgan fingerprint density at radius 2 is 1.78 bits per heavy atom. The largest absolute Gasteiger partial charge is 0.273 e. The number of nitrogens with zero attached hydrogens (tertiary/aromatic N) is 1. The molecule has 0 saturated heterocycles. The van der Waals surface area contributed by atoms with Gasteiger partial charge in [0.15, 0.2) is 0 Å². The van der Waals surface area contributed by atoms with Crippen LogP contribution in [0.1, 0.15) is 51.0 Å². The van der Waals surface area contributed by atoms with E-state index in [9.17, 15) is 4.79 Å². The summed E-state index contributed by atoms with van der Waals surface area (Å²) in [7, 11) is 0. The van der Waals surface area contributed by atoms with Crippen molar-refractivity contribution in [1.82, 2.24) is 5.43 Å². The maximum atomic E-state index is 12.9. The molecule has 0 heterocycles. The van der Waals surface area contributed by atoms with Crippen molar-refractivity contribution >= 4 is 27.5 Å². The van der Waals surface area contributed by atoms with Crippen LogP contribution >= 0.6 is 15.9 Å². The molecule has 1 N–H and O–H groups in total. The van der Waals surface area contributed by atoms with Crippen molar-refractivity contribution in [3.63, 3.8) is 0 Å². The van der Waals surface area contributed by atoms with Crippen LogP contribution in [-0.4, -0.2) is 11.6 Å². The quantitative estimate of drug-likeness (QED) is 0.613. The van der Waals surface area contributed by atoms with Crippen LogP contribution < -0.4 is 5.43 Å². The van der Waals surface area contributed by atoms with Crippen LogP contribution in [0.15, 0.2) is 33.8 Å². The number of rotatable bonds is 3. The molecule has 4 aliphatic rings. The van der Waals surface area contributed by atoms with E-state index in [1.54, 1.807) is 0 Å². The Labute approximate surface area is 146 Å². The molecule has 4 aliphatic carbocycles. The molecule has 5 rings (SSSR count). The fourth-order valence-electron chi connectivity index (χ4n) is 5.42. The number of hydrogen-bond donors (Lipinski definition) is 1. The summed E-state index contributed by atoms with van der Waals surface area (Å²) in [5.41, 5.74) is 4.65. The molecular weight excluding hydrogens is 352 g/mol. The van der Waals surface area contributed by atoms with Crippen LogP contribution in [-0.2, 0) is 4.79 Å². The summed E-state index contributed by atoms with van der Waals surface area (Å²) >= 11 is 3.48. The number of hydrogen-bond acceptors (Lipinski definition) is 2. The highest BCUT2D eigenvalue weighted by molar-refractivity contribution is 9.10. The molecule has 3 nitrogen and oxygen atoms in total. The molecule has 4 heteroatoms. The maximum absolute atomic E-state index is 12.9. The van der Waals surface area contributed by atoms with Crippen LogP contribution in [0.2, 0.25) is 0 Å². The Morgan fingerprint density at radius 3 is 2.35 bits per heavy atom. The number of carbonyl (C=O) groups is 1. The summed E-state index contributed by atoms with van der Waals surface area (Å²) in [5.74, 6) is 2.50. The van der Waals surface area contributed by atoms with Crippen LogP contribution in [0.3, 0.4) is 0 Å². The molecule has 4 bridgehead atoms. The zero-order valence-electron chi connectivity index (χ0n) is 13.5. The van der Waals surface area contributed by atoms with E-state index in [1.165, 1.54) is 19.3 Å². The third-order valence-electron chi connectivity index (χ3n) is 6.09. The lowest BCUT2D eigenvalue weighted by Gasteiger charge is -2.55. The fourth-order valence-corrected chi connectivity index (χ4v) is 5.82. The molecule has 0 aliphatic heterocycles. The van der Waals surface area contributed by atoms with Crippen molar-refractivity contribution in [2.75, 3.05) is 0 Å². The van der Waals surface area contributed by atoms with E-state index in [0.717, 1.165) is 52.8 Å². The molecule has 0 radical (unpaired) electrons. The standard InChI is InChI=1S/C19H23BrN2O/c1-12(16-3-2-4-17(20)8-16)21-22-18(23)19-9-13-5-14(10-19)7-15(6-13)11-19/h2-4,8,13-15H,5-7,9-11H2,1H3,(H,22,23)/b21-12-. The summed E-state index contributed by atoms with van der Waals surface area (Å²) < 4.78 is 1.02. The second-order valence-electron chi connectivity index (χ2n) is 7.85. The summed E-state index contributed by atoms with van der Waals surface area (Å²) in [5, 5.41) is 4.39. The Hall–Kier alpha value is -1.16. The highest BCUT2D eigenvalue weighted by atomic mass is 79.9. The van der Waals surface area contributed by atoms with Gasteiger partial charge < -0.3 is 0 Å². The minimum absolute atomic E-state index is 0.129. The summed E-state index contributed by atoms with van der Waals surface area (Å²) in [6.45, 7) is 1.95. The normalized spacial score (nSPS) is 35.4. The number of benzene rings is 1. The van der Waals surface area contributed by atoms with Gasteiger partial charge in [-0.25, -0.2) is 5.43 Å². The van der Waals surface area contributed by atoms with Crippen molar-refractivity contribution in [2.24, 2.45) is 28.3 Å². The first-order chi connectivity index (χ1) is 11.0. The van der Waals surface area contributed by atoms with Gasteiger partial charge in [0.1, 0.15) is 0 Å². The lowest BCUT2D eigenvalue weighted by Crippen LogP contribution is -2.52. The summed E-state index contributed by atoms with van der Waals surface area (Å²) in [6.07, 6.45) is 7.30. The maximum Gasteiger partial charge on any atom is 0.246 e. The van der Waals surface area contributed by atoms with Gasteiger partial charge in [-0.1, -0.05) is 28.1 Å². The number of halogens is 1. The Kier molecular flexibility index (Phi) is 3.83. The molecule has 0 aromatic heterocycles. The van der Waals surface area contributed by atoms with Crippen LogP contribution in [0.25, 0.3) is 0 Å². The highest BCUT2D eigenvalue weighted by Gasteiger charge is 2.54. The second kappa shape index (κ2) is 5.73. The number of carbonyl (C=O) groups excluding carboxylic acids is 1. The first-order valence-corrected chi connectivity index (χ1v) is 9.44. The number of amides is 1. The smallest absolute Gasteiger partial charge is 0.246 e. The molecule has 1 aromatic carbocycles. The van der Waals surface area contributed by atoms with Gasteiger partial charge in [0, 0.05) is 4.47 Å². The second-order valence-corrected chi connectivity index (χ2v) is 8.76. The van der Waals surface area contributed by atoms with Gasteiger partial charge in [0.25, 0.3) is 0 Å².